The minimum Gasteiger partial charge on any atom is -0.376 e. The summed E-state index contributed by atoms with van der Waals surface area (Å²) >= 11 is 0. The fraction of sp³-hybridized carbons (Fsp3) is 0.833. The normalized spacial score (nSPS) is 21.8. The lowest BCUT2D eigenvalue weighted by Crippen LogP contribution is -2.39. The summed E-state index contributed by atoms with van der Waals surface area (Å²) in [4.78, 5) is 13.6. The molecule has 0 saturated carbocycles. The van der Waals surface area contributed by atoms with Crippen LogP contribution in [0.3, 0.4) is 0 Å². The average Bonchev–Trinajstić information content (AvgIpc) is 2.70. The summed E-state index contributed by atoms with van der Waals surface area (Å²) < 4.78 is 5.47. The highest BCUT2D eigenvalue weighted by molar-refractivity contribution is 5.81. The molecule has 90 valence electrons. The summed E-state index contributed by atoms with van der Waals surface area (Å²) in [5, 5.41) is 8.95. The number of ether oxygens (including phenoxy) is 1. The van der Waals surface area contributed by atoms with Gasteiger partial charge in [-0.3, -0.25) is 4.79 Å². The number of rotatable bonds is 4. The molecule has 0 aromatic heterocycles. The molecule has 0 spiro atoms. The fourth-order valence-electron chi connectivity index (χ4n) is 1.91. The molecule has 0 aliphatic carbocycles. The quantitative estimate of drug-likeness (QED) is 0.725. The molecule has 1 amide bonds. The monoisotopic (exact) mass is 224 g/mol. The van der Waals surface area contributed by atoms with Crippen molar-refractivity contribution in [3.05, 3.63) is 0 Å². The molecule has 4 nitrogen and oxygen atoms in total. The minimum atomic E-state index is -0.536. The van der Waals surface area contributed by atoms with Crippen LogP contribution in [-0.2, 0) is 9.53 Å². The molecule has 1 aliphatic heterocycles. The van der Waals surface area contributed by atoms with Crippen LogP contribution in [0.25, 0.3) is 0 Å². The maximum Gasteiger partial charge on any atom is 0.240 e. The number of nitriles is 1. The van der Waals surface area contributed by atoms with Gasteiger partial charge in [0.1, 0.15) is 5.92 Å². The second-order valence-electron chi connectivity index (χ2n) is 4.70. The van der Waals surface area contributed by atoms with Gasteiger partial charge in [-0.05, 0) is 18.8 Å². The molecule has 2 atom stereocenters. The van der Waals surface area contributed by atoms with E-state index < -0.39 is 5.92 Å². The van der Waals surface area contributed by atoms with E-state index in [1.54, 1.807) is 11.9 Å². The van der Waals surface area contributed by atoms with Gasteiger partial charge in [-0.25, -0.2) is 0 Å². The third-order valence-electron chi connectivity index (χ3n) is 2.95. The van der Waals surface area contributed by atoms with Gasteiger partial charge >= 0.3 is 0 Å². The van der Waals surface area contributed by atoms with Crippen molar-refractivity contribution in [3.8, 4) is 6.07 Å². The van der Waals surface area contributed by atoms with E-state index in [2.05, 4.69) is 6.07 Å². The SMILES string of the molecule is CC(C)C(C#N)C(=O)N(C)CC1CCCO1. The maximum absolute atomic E-state index is 12.0. The van der Waals surface area contributed by atoms with Crippen LogP contribution in [-0.4, -0.2) is 37.1 Å². The first kappa shape index (κ1) is 13.0. The summed E-state index contributed by atoms with van der Waals surface area (Å²) in [6.07, 6.45) is 2.23. The van der Waals surface area contributed by atoms with Crippen molar-refractivity contribution >= 4 is 5.91 Å². The number of likely N-dealkylation sites (N-methyl/N-ethyl adjacent to an activating group) is 1. The highest BCUT2D eigenvalue weighted by Gasteiger charge is 2.27. The number of hydrogen-bond acceptors (Lipinski definition) is 3. The second-order valence-corrected chi connectivity index (χ2v) is 4.70. The molecule has 0 N–H and O–H groups in total. The Morgan fingerprint density at radius 3 is 2.75 bits per heavy atom. The summed E-state index contributed by atoms with van der Waals surface area (Å²) in [7, 11) is 1.75. The first-order valence-corrected chi connectivity index (χ1v) is 5.82. The molecular formula is C12H20N2O2. The summed E-state index contributed by atoms with van der Waals surface area (Å²) in [5.74, 6) is -0.566. The van der Waals surface area contributed by atoms with Crippen LogP contribution in [0.1, 0.15) is 26.7 Å². The van der Waals surface area contributed by atoms with E-state index in [0.29, 0.717) is 6.54 Å². The van der Waals surface area contributed by atoms with Gasteiger partial charge in [0.15, 0.2) is 0 Å². The Morgan fingerprint density at radius 1 is 1.62 bits per heavy atom. The summed E-state index contributed by atoms with van der Waals surface area (Å²) in [6.45, 7) is 5.18. The van der Waals surface area contributed by atoms with Crippen molar-refractivity contribution in [2.45, 2.75) is 32.8 Å². The molecule has 16 heavy (non-hydrogen) atoms. The van der Waals surface area contributed by atoms with E-state index in [-0.39, 0.29) is 17.9 Å². The highest BCUT2D eigenvalue weighted by atomic mass is 16.5. The first-order valence-electron chi connectivity index (χ1n) is 5.82. The first-order chi connectivity index (χ1) is 7.56. The van der Waals surface area contributed by atoms with Gasteiger partial charge in [0.05, 0.1) is 12.2 Å². The number of nitrogens with zero attached hydrogens (tertiary/aromatic N) is 2. The van der Waals surface area contributed by atoms with Gasteiger partial charge < -0.3 is 9.64 Å². The lowest BCUT2D eigenvalue weighted by Gasteiger charge is -2.24. The second kappa shape index (κ2) is 5.86. The number of carbonyl (C=O) groups excluding carboxylic acids is 1. The van der Waals surface area contributed by atoms with Crippen molar-refractivity contribution in [2.24, 2.45) is 11.8 Å². The smallest absolute Gasteiger partial charge is 0.240 e. The van der Waals surface area contributed by atoms with Crippen LogP contribution in [0.4, 0.5) is 0 Å². The van der Waals surface area contributed by atoms with E-state index in [4.69, 9.17) is 10.00 Å². The predicted octanol–water partition coefficient (Wildman–Crippen LogP) is 1.42. The number of amides is 1. The third kappa shape index (κ3) is 3.21. The Bertz CT molecular complexity index is 277. The van der Waals surface area contributed by atoms with Gasteiger partial charge in [-0.1, -0.05) is 13.8 Å². The van der Waals surface area contributed by atoms with Crippen LogP contribution in [0.5, 0.6) is 0 Å². The van der Waals surface area contributed by atoms with E-state index in [1.807, 2.05) is 13.8 Å². The Labute approximate surface area is 97.2 Å². The molecule has 4 heteroatoms. The Kier molecular flexibility index (Phi) is 4.75. The van der Waals surface area contributed by atoms with Gasteiger partial charge in [0.2, 0.25) is 5.91 Å². The van der Waals surface area contributed by atoms with Crippen molar-refractivity contribution in [1.29, 1.82) is 5.26 Å². The molecule has 1 saturated heterocycles. The lowest BCUT2D eigenvalue weighted by molar-refractivity contribution is -0.134. The number of carbonyl (C=O) groups is 1. The molecule has 1 heterocycles. The van der Waals surface area contributed by atoms with Crippen molar-refractivity contribution in [2.75, 3.05) is 20.2 Å². The summed E-state index contributed by atoms with van der Waals surface area (Å²) in [6, 6.07) is 2.08. The van der Waals surface area contributed by atoms with Crippen molar-refractivity contribution in [3.63, 3.8) is 0 Å². The fourth-order valence-corrected chi connectivity index (χ4v) is 1.91. The largest absolute Gasteiger partial charge is 0.376 e. The maximum atomic E-state index is 12.0. The highest BCUT2D eigenvalue weighted by Crippen LogP contribution is 2.16. The zero-order valence-corrected chi connectivity index (χ0v) is 10.3. The van der Waals surface area contributed by atoms with Crippen LogP contribution in [0, 0.1) is 23.2 Å². The molecule has 0 bridgehead atoms. The standard InChI is InChI=1S/C12H20N2O2/c1-9(2)11(7-13)12(15)14(3)8-10-5-4-6-16-10/h9-11H,4-6,8H2,1-3H3. The summed E-state index contributed by atoms with van der Waals surface area (Å²) in [5.41, 5.74) is 0. The van der Waals surface area contributed by atoms with E-state index in [1.165, 1.54) is 0 Å². The Balaban J connectivity index is 2.49. The molecule has 0 aromatic carbocycles. The zero-order chi connectivity index (χ0) is 12.1. The average molecular weight is 224 g/mol. The molecule has 1 aliphatic rings. The number of hydrogen-bond donors (Lipinski definition) is 0. The Hall–Kier alpha value is -1.08. The van der Waals surface area contributed by atoms with Gasteiger partial charge in [0.25, 0.3) is 0 Å². The van der Waals surface area contributed by atoms with E-state index in [0.717, 1.165) is 19.4 Å². The van der Waals surface area contributed by atoms with Crippen molar-refractivity contribution < 1.29 is 9.53 Å². The van der Waals surface area contributed by atoms with Crippen LogP contribution >= 0.6 is 0 Å². The van der Waals surface area contributed by atoms with E-state index >= 15 is 0 Å². The van der Waals surface area contributed by atoms with Crippen LogP contribution < -0.4 is 0 Å². The topological polar surface area (TPSA) is 53.3 Å². The van der Waals surface area contributed by atoms with Gasteiger partial charge in [0, 0.05) is 20.2 Å². The van der Waals surface area contributed by atoms with Gasteiger partial charge in [-0.2, -0.15) is 5.26 Å². The minimum absolute atomic E-state index is 0.0597. The third-order valence-corrected chi connectivity index (χ3v) is 2.95. The molecule has 1 rings (SSSR count). The van der Waals surface area contributed by atoms with E-state index in [9.17, 15) is 4.79 Å². The molecule has 0 aromatic rings. The predicted molar refractivity (Wildman–Crippen MR) is 60.6 cm³/mol. The molecule has 1 fully saturated rings. The molecule has 0 radical (unpaired) electrons. The molecule has 2 unspecified atom stereocenters. The van der Waals surface area contributed by atoms with Crippen LogP contribution in [0.15, 0.2) is 0 Å². The molecular weight excluding hydrogens is 204 g/mol. The lowest BCUT2D eigenvalue weighted by atomic mass is 9.96. The van der Waals surface area contributed by atoms with Crippen molar-refractivity contribution in [1.82, 2.24) is 4.90 Å². The van der Waals surface area contributed by atoms with Crippen LogP contribution in [0.2, 0.25) is 0 Å². The zero-order valence-electron chi connectivity index (χ0n) is 10.3. The van der Waals surface area contributed by atoms with Gasteiger partial charge in [-0.15, -0.1) is 0 Å². The Morgan fingerprint density at radius 2 is 2.31 bits per heavy atom.